The van der Waals surface area contributed by atoms with Gasteiger partial charge in [0.05, 0.1) is 42.6 Å². The summed E-state index contributed by atoms with van der Waals surface area (Å²) in [4.78, 5) is 59.7. The zero-order valence-corrected chi connectivity index (χ0v) is 33.7. The van der Waals surface area contributed by atoms with Crippen LogP contribution >= 0.6 is 11.6 Å². The van der Waals surface area contributed by atoms with Gasteiger partial charge in [-0.25, -0.2) is 0 Å². The Morgan fingerprint density at radius 1 is 0.860 bits per heavy atom. The van der Waals surface area contributed by atoms with Crippen LogP contribution in [0.15, 0.2) is 121 Å². The monoisotopic (exact) mass is 801 g/mol. The summed E-state index contributed by atoms with van der Waals surface area (Å²) in [5.74, 6) is -0.225. The van der Waals surface area contributed by atoms with Gasteiger partial charge in [0.2, 0.25) is 5.91 Å². The molecule has 5 aromatic rings. The number of aliphatic hydroxyl groups excluding tert-OH is 1. The van der Waals surface area contributed by atoms with E-state index in [9.17, 15) is 19.5 Å². The van der Waals surface area contributed by atoms with Crippen molar-refractivity contribution in [3.8, 4) is 11.5 Å². The molecule has 4 atom stereocenters. The first kappa shape index (κ1) is 38.6. The smallest absolute Gasteiger partial charge is 0.266 e. The predicted octanol–water partition coefficient (Wildman–Crippen LogP) is 8.18. The quantitative estimate of drug-likeness (QED) is 0.137. The fourth-order valence-corrected chi connectivity index (χ4v) is 11.6. The number of carbonyl (C=O) groups is 3. The number of nitrogens with zero attached hydrogens (tertiary/aromatic N) is 3. The number of rotatable bonds is 10. The van der Waals surface area contributed by atoms with Gasteiger partial charge >= 0.3 is 0 Å². The van der Waals surface area contributed by atoms with Gasteiger partial charge < -0.3 is 29.2 Å². The van der Waals surface area contributed by atoms with Crippen LogP contribution in [0.25, 0.3) is 0 Å². The lowest BCUT2D eigenvalue weighted by molar-refractivity contribution is -0.150. The number of amides is 3. The van der Waals surface area contributed by atoms with Crippen molar-refractivity contribution in [2.45, 2.75) is 56.8 Å². The molecule has 0 aromatic heterocycles. The molecule has 1 fully saturated rings. The molecular weight excluding hydrogens is 758 g/mol. The van der Waals surface area contributed by atoms with Crippen molar-refractivity contribution in [3.05, 3.63) is 149 Å². The Labute approximate surface area is 338 Å². The van der Waals surface area contributed by atoms with E-state index in [1.54, 1.807) is 45.0 Å². The number of hydrogen-bond donors (Lipinski definition) is 2. The van der Waals surface area contributed by atoms with E-state index in [1.165, 1.54) is 0 Å². The summed E-state index contributed by atoms with van der Waals surface area (Å²) < 4.78 is 13.1. The van der Waals surface area contributed by atoms with Gasteiger partial charge in [0, 0.05) is 40.8 Å². The number of anilines is 3. The SMILES string of the molecule is C[C@@H]1[C@@H]([Si](C)(C)O)[C@H](CC(=O)N(CCO)Cc2ccccc2)O[C@@]12C(=O)N(Cc1ccc(N3C(=O)c4ccccc4Oc4ccccc43)cc1)c1ccc(Cl)cc12. The number of hydrogen-bond acceptors (Lipinski definition) is 7. The summed E-state index contributed by atoms with van der Waals surface area (Å²) >= 11 is 6.62. The van der Waals surface area contributed by atoms with Gasteiger partial charge in [0.15, 0.2) is 19.7 Å². The van der Waals surface area contributed by atoms with Crippen molar-refractivity contribution in [1.82, 2.24) is 4.90 Å². The van der Waals surface area contributed by atoms with Gasteiger partial charge in [-0.15, -0.1) is 0 Å². The van der Waals surface area contributed by atoms with E-state index in [4.69, 9.17) is 21.1 Å². The molecule has 0 bridgehead atoms. The normalized spacial score (nSPS) is 21.2. The molecule has 2 N–H and O–H groups in total. The number of benzene rings is 5. The predicted molar refractivity (Wildman–Crippen MR) is 221 cm³/mol. The molecule has 5 aromatic carbocycles. The number of ether oxygens (including phenoxy) is 2. The third-order valence-electron chi connectivity index (χ3n) is 11.4. The summed E-state index contributed by atoms with van der Waals surface area (Å²) in [6.45, 7) is 5.99. The van der Waals surface area contributed by atoms with Gasteiger partial charge in [-0.1, -0.05) is 85.3 Å². The summed E-state index contributed by atoms with van der Waals surface area (Å²) in [7, 11) is -3.07. The number of para-hydroxylation sites is 3. The van der Waals surface area contributed by atoms with Crippen molar-refractivity contribution in [1.29, 1.82) is 0 Å². The van der Waals surface area contributed by atoms with Crippen LogP contribution in [-0.2, 0) is 33.0 Å². The molecule has 10 nitrogen and oxygen atoms in total. The van der Waals surface area contributed by atoms with Crippen molar-refractivity contribution >= 4 is 54.7 Å². The van der Waals surface area contributed by atoms with Crippen LogP contribution in [0.5, 0.6) is 11.5 Å². The van der Waals surface area contributed by atoms with Gasteiger partial charge in [0.1, 0.15) is 5.75 Å². The van der Waals surface area contributed by atoms with Crippen molar-refractivity contribution in [2.75, 3.05) is 23.0 Å². The average Bonchev–Trinajstić information content (AvgIpc) is 3.56. The molecule has 0 radical (unpaired) electrons. The van der Waals surface area contributed by atoms with Crippen LogP contribution in [0.1, 0.15) is 40.4 Å². The highest BCUT2D eigenvalue weighted by Crippen LogP contribution is 2.60. The van der Waals surface area contributed by atoms with Crippen LogP contribution in [0.4, 0.5) is 17.1 Å². The zero-order valence-electron chi connectivity index (χ0n) is 32.0. The highest BCUT2D eigenvalue weighted by molar-refractivity contribution is 6.71. The van der Waals surface area contributed by atoms with E-state index in [0.29, 0.717) is 51.3 Å². The van der Waals surface area contributed by atoms with E-state index in [-0.39, 0.29) is 43.8 Å². The highest BCUT2D eigenvalue weighted by Gasteiger charge is 2.66. The minimum absolute atomic E-state index is 0.0704. The van der Waals surface area contributed by atoms with Gasteiger partial charge in [-0.05, 0) is 78.8 Å². The van der Waals surface area contributed by atoms with Gasteiger partial charge in [0.25, 0.3) is 11.8 Å². The van der Waals surface area contributed by atoms with Crippen LogP contribution < -0.4 is 14.5 Å². The molecule has 0 saturated carbocycles. The first-order valence-corrected chi connectivity index (χ1v) is 22.5. The highest BCUT2D eigenvalue weighted by atomic mass is 35.5. The van der Waals surface area contributed by atoms with E-state index in [0.717, 1.165) is 11.1 Å². The number of aliphatic hydroxyl groups is 1. The molecule has 12 heteroatoms. The van der Waals surface area contributed by atoms with E-state index >= 15 is 4.79 Å². The van der Waals surface area contributed by atoms with Crippen molar-refractivity contribution < 1.29 is 33.8 Å². The third-order valence-corrected chi connectivity index (χ3v) is 14.2. The molecule has 3 amide bonds. The van der Waals surface area contributed by atoms with Crippen molar-refractivity contribution in [3.63, 3.8) is 0 Å². The maximum absolute atomic E-state index is 15.0. The maximum atomic E-state index is 15.0. The van der Waals surface area contributed by atoms with Gasteiger partial charge in [-0.2, -0.15) is 0 Å². The van der Waals surface area contributed by atoms with Gasteiger partial charge in [-0.3, -0.25) is 19.3 Å². The first-order chi connectivity index (χ1) is 27.4. The number of fused-ring (bicyclic) bond motifs is 4. The second-order valence-electron chi connectivity index (χ2n) is 15.5. The van der Waals surface area contributed by atoms with E-state index < -0.39 is 31.5 Å². The molecule has 0 aliphatic carbocycles. The molecule has 57 heavy (non-hydrogen) atoms. The fraction of sp³-hybridized carbons (Fsp3) is 0.267. The standard InChI is InChI=1S/C45H44ClN3O7Si/c1-29-42(57(2,3)54)40(26-41(51)47(23-24-50)27-30-11-5-4-6-12-30)56-45(29)35-25-32(46)19-22-36(35)48(44(45)53)28-31-17-20-33(21-18-31)49-37-14-8-10-16-39(37)55-38-15-9-7-13-34(38)43(49)52/h4-22,25,29,40,42,50,54H,23-24,26-28H2,1-3H3/t29-,40+,42-,45+/m1/s1. The minimum atomic E-state index is -3.07. The lowest BCUT2D eigenvalue weighted by Gasteiger charge is -2.32. The Morgan fingerprint density at radius 3 is 2.26 bits per heavy atom. The Balaban J connectivity index is 1.10. The largest absolute Gasteiger partial charge is 0.454 e. The zero-order chi connectivity index (χ0) is 40.1. The molecule has 0 unspecified atom stereocenters. The summed E-state index contributed by atoms with van der Waals surface area (Å²) in [6, 6.07) is 36.9. The van der Waals surface area contributed by atoms with Crippen LogP contribution in [0.3, 0.4) is 0 Å². The van der Waals surface area contributed by atoms with Crippen LogP contribution in [0, 0.1) is 5.92 Å². The topological polar surface area (TPSA) is 120 Å². The minimum Gasteiger partial charge on any atom is -0.454 e. The van der Waals surface area contributed by atoms with Crippen LogP contribution in [0.2, 0.25) is 23.7 Å². The second kappa shape index (κ2) is 15.2. The van der Waals surface area contributed by atoms with Crippen molar-refractivity contribution in [2.24, 2.45) is 5.92 Å². The molecule has 3 aliphatic rings. The Morgan fingerprint density at radius 2 is 1.54 bits per heavy atom. The molecule has 3 aliphatic heterocycles. The third kappa shape index (κ3) is 6.93. The number of halogens is 1. The summed E-state index contributed by atoms with van der Waals surface area (Å²) in [5, 5.41) is 10.3. The maximum Gasteiger partial charge on any atom is 0.266 e. The van der Waals surface area contributed by atoms with E-state index in [1.807, 2.05) is 111 Å². The first-order valence-electron chi connectivity index (χ1n) is 19.1. The molecular formula is C45H44ClN3O7Si. The molecule has 1 spiro atoms. The molecule has 1 saturated heterocycles. The second-order valence-corrected chi connectivity index (χ2v) is 19.9. The number of carbonyl (C=O) groups excluding carboxylic acids is 3. The Bertz CT molecular complexity index is 2340. The molecule has 3 heterocycles. The summed E-state index contributed by atoms with van der Waals surface area (Å²) in [6.07, 6.45) is -0.840. The van der Waals surface area contributed by atoms with Crippen LogP contribution in [-0.4, -0.2) is 60.1 Å². The molecule has 292 valence electrons. The Hall–Kier alpha value is -5.30. The fourth-order valence-electron chi connectivity index (χ4n) is 8.92. The average molecular weight is 802 g/mol. The summed E-state index contributed by atoms with van der Waals surface area (Å²) in [5.41, 5.74) is 2.67. The Kier molecular flexibility index (Phi) is 10.3. The lowest BCUT2D eigenvalue weighted by atomic mass is 9.82. The lowest BCUT2D eigenvalue weighted by Crippen LogP contribution is -2.46. The molecule has 8 rings (SSSR count). The van der Waals surface area contributed by atoms with E-state index in [2.05, 4.69) is 0 Å².